The van der Waals surface area contributed by atoms with Gasteiger partial charge in [0.2, 0.25) is 0 Å². The Morgan fingerprint density at radius 3 is 2.20 bits per heavy atom. The van der Waals surface area contributed by atoms with Gasteiger partial charge in [0.25, 0.3) is 0 Å². The van der Waals surface area contributed by atoms with Crippen molar-refractivity contribution in [1.29, 1.82) is 0 Å². The minimum absolute atomic E-state index is 0.951. The first-order valence-corrected chi connectivity index (χ1v) is 4.34. The van der Waals surface area contributed by atoms with Crippen molar-refractivity contribution in [3.05, 3.63) is 7.11 Å². The van der Waals surface area contributed by atoms with Crippen molar-refractivity contribution in [2.75, 3.05) is 6.61 Å². The van der Waals surface area contributed by atoms with E-state index in [0.717, 1.165) is 6.61 Å². The Morgan fingerprint density at radius 1 is 1.00 bits per heavy atom. The Kier molecular flexibility index (Phi) is 8.92. The molecule has 62 valence electrons. The molecular weight excluding hydrogens is 124 g/mol. The Labute approximate surface area is 64.8 Å². The number of ether oxygens (including phenoxy) is 1. The largest absolute Gasteiger partial charge is 0.582 e. The quantitative estimate of drug-likeness (QED) is 0.296. The molecule has 10 heavy (non-hydrogen) atoms. The summed E-state index contributed by atoms with van der Waals surface area (Å²) in [6, 6.07) is 0. The molecule has 0 aliphatic carbocycles. The molecule has 0 bridgehead atoms. The molecule has 0 aliphatic rings. The average Bonchev–Trinajstić information content (AvgIpc) is 1.97. The van der Waals surface area contributed by atoms with Crippen LogP contribution in [0.25, 0.3) is 0 Å². The van der Waals surface area contributed by atoms with Gasteiger partial charge in [-0.25, -0.2) is 0 Å². The normalized spacial score (nSPS) is 10.2. The van der Waals surface area contributed by atoms with E-state index >= 15 is 0 Å². The van der Waals surface area contributed by atoms with Crippen LogP contribution in [0.15, 0.2) is 0 Å². The minimum atomic E-state index is 0.951. The third kappa shape index (κ3) is 7.96. The van der Waals surface area contributed by atoms with Gasteiger partial charge in [0.05, 0.1) is 0 Å². The molecule has 0 amide bonds. The average molecular weight is 144 g/mol. The van der Waals surface area contributed by atoms with Gasteiger partial charge in [0, 0.05) is 6.42 Å². The maximum Gasteiger partial charge on any atom is 0.119 e. The molecule has 0 aliphatic heterocycles. The van der Waals surface area contributed by atoms with Crippen LogP contribution in [-0.2, 0) is 0 Å². The van der Waals surface area contributed by atoms with E-state index in [4.69, 9.17) is 0 Å². The molecule has 0 rings (SSSR count). The summed E-state index contributed by atoms with van der Waals surface area (Å²) in [6.45, 7) is 3.19. The van der Waals surface area contributed by atoms with Gasteiger partial charge in [0.1, 0.15) is 6.61 Å². The fraction of sp³-hybridized carbons (Fsp3) is 0.889. The van der Waals surface area contributed by atoms with Crippen molar-refractivity contribution < 1.29 is 4.74 Å². The molecule has 0 aromatic rings. The van der Waals surface area contributed by atoms with Crippen molar-refractivity contribution in [2.45, 2.75) is 45.4 Å². The topological polar surface area (TPSA) is 12.8 Å². The smallest absolute Gasteiger partial charge is 0.119 e. The van der Waals surface area contributed by atoms with E-state index in [9.17, 15) is 0 Å². The van der Waals surface area contributed by atoms with Crippen LogP contribution in [0.3, 0.4) is 0 Å². The number of hydrogen-bond acceptors (Lipinski definition) is 0. The van der Waals surface area contributed by atoms with Crippen molar-refractivity contribution >= 4 is 0 Å². The zero-order chi connectivity index (χ0) is 7.66. The second-order valence-corrected chi connectivity index (χ2v) is 2.71. The zero-order valence-corrected chi connectivity index (χ0v) is 7.10. The molecule has 0 atom stereocenters. The van der Waals surface area contributed by atoms with Crippen molar-refractivity contribution in [3.63, 3.8) is 0 Å². The second-order valence-electron chi connectivity index (χ2n) is 2.71. The summed E-state index contributed by atoms with van der Waals surface area (Å²) in [5, 5.41) is 0. The summed E-state index contributed by atoms with van der Waals surface area (Å²) in [5.74, 6) is 0. The van der Waals surface area contributed by atoms with Gasteiger partial charge in [-0.05, 0) is 6.42 Å². The monoisotopic (exact) mass is 144 g/mol. The van der Waals surface area contributed by atoms with Gasteiger partial charge in [-0.2, -0.15) is 0 Å². The number of rotatable bonds is 7. The van der Waals surface area contributed by atoms with Gasteiger partial charge in [-0.1, -0.05) is 39.7 Å². The summed E-state index contributed by atoms with van der Waals surface area (Å²) in [7, 11) is 3.44. The molecule has 0 saturated carbocycles. The molecule has 1 heteroatoms. The summed E-state index contributed by atoms with van der Waals surface area (Å²) >= 11 is 0. The van der Waals surface area contributed by atoms with Crippen molar-refractivity contribution in [1.82, 2.24) is 0 Å². The molecule has 1 N–H and O–H groups in total. The first-order chi connectivity index (χ1) is 4.91. The van der Waals surface area contributed by atoms with E-state index in [-0.39, 0.29) is 0 Å². The summed E-state index contributed by atoms with van der Waals surface area (Å²) in [4.78, 5) is 0. The number of aliphatic hydroxyl groups is 2. The maximum absolute atomic E-state index is 3.80. The summed E-state index contributed by atoms with van der Waals surface area (Å²) in [6.07, 6.45) is 8.06. The molecule has 0 aromatic carbocycles. The van der Waals surface area contributed by atoms with Crippen molar-refractivity contribution in [2.24, 2.45) is 0 Å². The van der Waals surface area contributed by atoms with Crippen LogP contribution in [0.1, 0.15) is 45.4 Å². The fourth-order valence-electron chi connectivity index (χ4n) is 1.00. The van der Waals surface area contributed by atoms with E-state index in [1.807, 2.05) is 0 Å². The maximum atomic E-state index is 3.80. The lowest BCUT2D eigenvalue weighted by atomic mass is 10.1. The highest BCUT2D eigenvalue weighted by atomic mass is 16.5. The summed E-state index contributed by atoms with van der Waals surface area (Å²) < 4.78 is 3.80. The van der Waals surface area contributed by atoms with Crippen LogP contribution < -0.4 is 0 Å². The van der Waals surface area contributed by atoms with Crippen molar-refractivity contribution in [3.8, 4) is 0 Å². The van der Waals surface area contributed by atoms with Gasteiger partial charge in [-0.3, -0.25) is 0 Å². The molecule has 0 saturated heterocycles. The molecule has 0 spiro atoms. The molecular formula is C9H20O. The molecule has 0 radical (unpaired) electrons. The van der Waals surface area contributed by atoms with Gasteiger partial charge in [-0.15, -0.1) is 0 Å². The summed E-state index contributed by atoms with van der Waals surface area (Å²) in [5.41, 5.74) is 0. The highest BCUT2D eigenvalue weighted by molar-refractivity contribution is 4.42. The first-order valence-electron chi connectivity index (χ1n) is 4.34. The van der Waals surface area contributed by atoms with Gasteiger partial charge >= 0.3 is 0 Å². The Morgan fingerprint density at radius 2 is 1.60 bits per heavy atom. The Balaban J connectivity index is 2.65. The Bertz CT molecular complexity index is 44.7. The molecule has 0 unspecified atom stereocenters. The van der Waals surface area contributed by atoms with E-state index < -0.39 is 0 Å². The van der Waals surface area contributed by atoms with Crippen LogP contribution in [0, 0.1) is 7.11 Å². The lowest BCUT2D eigenvalue weighted by molar-refractivity contribution is 0.0528. The molecule has 0 heterocycles. The van der Waals surface area contributed by atoms with Crippen LogP contribution in [0.5, 0.6) is 0 Å². The van der Waals surface area contributed by atoms with Crippen LogP contribution >= 0.6 is 0 Å². The van der Waals surface area contributed by atoms with E-state index in [2.05, 4.69) is 18.8 Å². The fourth-order valence-corrected chi connectivity index (χ4v) is 1.00. The predicted molar refractivity (Wildman–Crippen MR) is 45.8 cm³/mol. The van der Waals surface area contributed by atoms with Gasteiger partial charge in [0.15, 0.2) is 0 Å². The number of hydrogen-bond donors (Lipinski definition) is 0. The lowest BCUT2D eigenvalue weighted by Crippen LogP contribution is -1.90. The van der Waals surface area contributed by atoms with Crippen LogP contribution in [-0.4, -0.2) is 11.3 Å². The molecule has 0 aromatic heterocycles. The SMILES string of the molecule is [CH2-][OH+]CCCCCCCC. The molecule has 1 nitrogen and oxygen atoms in total. The minimum Gasteiger partial charge on any atom is -0.582 e. The second kappa shape index (κ2) is 8.96. The standard InChI is InChI=1S/C9H20O/c1-3-4-5-6-7-8-9-10-2/h10H,2-9H2,1H3. The molecule has 0 fully saturated rings. The highest BCUT2D eigenvalue weighted by Gasteiger charge is 1.88. The zero-order valence-electron chi connectivity index (χ0n) is 7.10. The van der Waals surface area contributed by atoms with E-state index in [0.29, 0.717) is 0 Å². The van der Waals surface area contributed by atoms with Crippen LogP contribution in [0.4, 0.5) is 0 Å². The van der Waals surface area contributed by atoms with Crippen LogP contribution in [0.2, 0.25) is 0 Å². The van der Waals surface area contributed by atoms with E-state index in [1.54, 1.807) is 0 Å². The highest BCUT2D eigenvalue weighted by Crippen LogP contribution is 2.03. The predicted octanol–water partition coefficient (Wildman–Crippen LogP) is 2.67. The Hall–Kier alpha value is -0.0400. The number of unbranched alkanes of at least 4 members (excludes halogenated alkanes) is 5. The van der Waals surface area contributed by atoms with E-state index in [1.165, 1.54) is 38.5 Å². The first kappa shape index (κ1) is 9.96. The lowest BCUT2D eigenvalue weighted by Gasteiger charge is -1.99. The third-order valence-corrected chi connectivity index (χ3v) is 1.67. The van der Waals surface area contributed by atoms with Gasteiger partial charge < -0.3 is 4.74 Å². The third-order valence-electron chi connectivity index (χ3n) is 1.67.